The highest BCUT2D eigenvalue weighted by Gasteiger charge is 2.08. The molecule has 3 rings (SSSR count). The van der Waals surface area contributed by atoms with Crippen LogP contribution in [0.15, 0.2) is 48.0 Å². The second-order valence-corrected chi connectivity index (χ2v) is 6.95. The van der Waals surface area contributed by atoms with Gasteiger partial charge in [0.1, 0.15) is 11.6 Å². The summed E-state index contributed by atoms with van der Waals surface area (Å²) in [4.78, 5) is 12.2. The molecule has 1 aliphatic carbocycles. The van der Waals surface area contributed by atoms with Crippen LogP contribution in [0.4, 0.5) is 5.82 Å². The maximum atomic E-state index is 12.2. The van der Waals surface area contributed by atoms with Crippen molar-refractivity contribution in [2.45, 2.75) is 38.5 Å². The van der Waals surface area contributed by atoms with Gasteiger partial charge in [0.15, 0.2) is 5.69 Å². The number of hydrogen-bond acceptors (Lipinski definition) is 5. The lowest BCUT2D eigenvalue weighted by molar-refractivity contribution is 0.0948. The van der Waals surface area contributed by atoms with E-state index in [1.807, 2.05) is 24.3 Å². The molecule has 2 N–H and O–H groups in total. The number of ether oxygens (including phenoxy) is 1. The number of nitrogens with zero attached hydrogens (tertiary/aromatic N) is 2. The summed E-state index contributed by atoms with van der Waals surface area (Å²) < 4.78 is 5.21. The van der Waals surface area contributed by atoms with Crippen LogP contribution in [0.5, 0.6) is 5.75 Å². The number of allylic oxidation sites excluding steroid dienone is 1. The molecule has 0 saturated carbocycles. The van der Waals surface area contributed by atoms with E-state index in [9.17, 15) is 4.79 Å². The zero-order valence-electron chi connectivity index (χ0n) is 16.4. The monoisotopic (exact) mass is 380 g/mol. The molecule has 0 aliphatic heterocycles. The third-order valence-corrected chi connectivity index (χ3v) is 4.87. The number of aromatic nitrogens is 2. The number of carbonyl (C=O) groups excluding carboxylic acids is 1. The van der Waals surface area contributed by atoms with Crippen LogP contribution < -0.4 is 15.4 Å². The smallest absolute Gasteiger partial charge is 0.271 e. The van der Waals surface area contributed by atoms with E-state index in [0.29, 0.717) is 18.1 Å². The van der Waals surface area contributed by atoms with Crippen molar-refractivity contribution < 1.29 is 9.53 Å². The van der Waals surface area contributed by atoms with E-state index < -0.39 is 0 Å². The zero-order valence-corrected chi connectivity index (χ0v) is 16.4. The molecule has 1 heterocycles. The number of carbonyl (C=O) groups is 1. The van der Waals surface area contributed by atoms with E-state index in [4.69, 9.17) is 4.74 Å². The minimum absolute atomic E-state index is 0.214. The van der Waals surface area contributed by atoms with Crippen molar-refractivity contribution >= 4 is 11.7 Å². The van der Waals surface area contributed by atoms with E-state index >= 15 is 0 Å². The van der Waals surface area contributed by atoms with Crippen molar-refractivity contribution in [2.24, 2.45) is 0 Å². The Balaban J connectivity index is 1.40. The van der Waals surface area contributed by atoms with E-state index in [0.717, 1.165) is 30.7 Å². The van der Waals surface area contributed by atoms with Gasteiger partial charge in [0.2, 0.25) is 0 Å². The molecule has 1 aromatic heterocycles. The summed E-state index contributed by atoms with van der Waals surface area (Å²) >= 11 is 0. The standard InChI is InChI=1S/C22H28N4O2/c1-28-19-9-5-8-18(16-19)13-15-24-22(27)20-10-11-21(26-25-20)23-14-12-17-6-3-2-4-7-17/h5-6,8-11,16H,2-4,7,12-15H2,1H3,(H,23,26)(H,24,27). The molecule has 0 spiro atoms. The lowest BCUT2D eigenvalue weighted by Gasteiger charge is -2.13. The molecule has 2 aromatic rings. The summed E-state index contributed by atoms with van der Waals surface area (Å²) in [5.41, 5.74) is 2.96. The Bertz CT molecular complexity index is 802. The quantitative estimate of drug-likeness (QED) is 0.648. The Hall–Kier alpha value is -2.89. The highest BCUT2D eigenvalue weighted by Crippen LogP contribution is 2.19. The topological polar surface area (TPSA) is 76.1 Å². The van der Waals surface area contributed by atoms with Gasteiger partial charge in [-0.1, -0.05) is 23.8 Å². The maximum Gasteiger partial charge on any atom is 0.271 e. The first-order chi connectivity index (χ1) is 13.7. The minimum atomic E-state index is -0.214. The van der Waals surface area contributed by atoms with Crippen LogP contribution in [-0.4, -0.2) is 36.3 Å². The first-order valence-electron chi connectivity index (χ1n) is 9.91. The summed E-state index contributed by atoms with van der Waals surface area (Å²) in [5.74, 6) is 1.30. The lowest BCUT2D eigenvalue weighted by atomic mass is 9.97. The van der Waals surface area contributed by atoms with Crippen LogP contribution in [0.3, 0.4) is 0 Å². The van der Waals surface area contributed by atoms with Gasteiger partial charge in [-0.05, 0) is 68.4 Å². The summed E-state index contributed by atoms with van der Waals surface area (Å²) in [7, 11) is 1.64. The fraction of sp³-hybridized carbons (Fsp3) is 0.409. The number of rotatable bonds is 9. The molecule has 6 heteroatoms. The molecule has 6 nitrogen and oxygen atoms in total. The molecule has 1 aromatic carbocycles. The third-order valence-electron chi connectivity index (χ3n) is 4.87. The molecule has 0 saturated heterocycles. The van der Waals surface area contributed by atoms with Crippen molar-refractivity contribution in [3.05, 3.63) is 59.3 Å². The molecule has 0 radical (unpaired) electrons. The van der Waals surface area contributed by atoms with Gasteiger partial charge in [-0.2, -0.15) is 0 Å². The first kappa shape index (κ1) is 19.9. The average molecular weight is 380 g/mol. The molecule has 148 valence electrons. The predicted molar refractivity (Wildman–Crippen MR) is 111 cm³/mol. The zero-order chi connectivity index (χ0) is 19.6. The molecular weight excluding hydrogens is 352 g/mol. The number of hydrogen-bond donors (Lipinski definition) is 2. The summed E-state index contributed by atoms with van der Waals surface area (Å²) in [5, 5.41) is 14.3. The van der Waals surface area contributed by atoms with Crippen molar-refractivity contribution in [3.8, 4) is 5.75 Å². The van der Waals surface area contributed by atoms with Crippen LogP contribution in [0.1, 0.15) is 48.2 Å². The second kappa shape index (κ2) is 10.4. The van der Waals surface area contributed by atoms with Crippen molar-refractivity contribution in [2.75, 3.05) is 25.5 Å². The predicted octanol–water partition coefficient (Wildman–Crippen LogP) is 3.76. The highest BCUT2D eigenvalue weighted by atomic mass is 16.5. The van der Waals surface area contributed by atoms with Crippen LogP contribution in [0.2, 0.25) is 0 Å². The largest absolute Gasteiger partial charge is 0.497 e. The normalized spacial score (nSPS) is 13.5. The van der Waals surface area contributed by atoms with E-state index in [-0.39, 0.29) is 5.91 Å². The molecular formula is C22H28N4O2. The number of methoxy groups -OCH3 is 1. The third kappa shape index (κ3) is 6.08. The number of amides is 1. The average Bonchev–Trinajstić information content (AvgIpc) is 2.75. The van der Waals surface area contributed by atoms with Crippen molar-refractivity contribution in [3.63, 3.8) is 0 Å². The fourth-order valence-electron chi connectivity index (χ4n) is 3.27. The van der Waals surface area contributed by atoms with Crippen molar-refractivity contribution in [1.82, 2.24) is 15.5 Å². The van der Waals surface area contributed by atoms with Crippen LogP contribution in [0.25, 0.3) is 0 Å². The maximum absolute atomic E-state index is 12.2. The number of benzene rings is 1. The molecule has 0 bridgehead atoms. The van der Waals surface area contributed by atoms with E-state index in [1.54, 1.807) is 19.2 Å². The lowest BCUT2D eigenvalue weighted by Crippen LogP contribution is -2.26. The number of nitrogens with one attached hydrogen (secondary N) is 2. The van der Waals surface area contributed by atoms with Crippen LogP contribution in [0, 0.1) is 0 Å². The van der Waals surface area contributed by atoms with E-state index in [1.165, 1.54) is 31.3 Å². The molecule has 0 fully saturated rings. The summed E-state index contributed by atoms with van der Waals surface area (Å²) in [6, 6.07) is 11.3. The number of anilines is 1. The Morgan fingerprint density at radius 1 is 1.11 bits per heavy atom. The SMILES string of the molecule is COc1cccc(CCNC(=O)c2ccc(NCCC3=CCCCC3)nn2)c1. The van der Waals surface area contributed by atoms with Crippen LogP contribution >= 0.6 is 0 Å². The fourth-order valence-corrected chi connectivity index (χ4v) is 3.27. The minimum Gasteiger partial charge on any atom is -0.497 e. The Kier molecular flexibility index (Phi) is 7.41. The van der Waals surface area contributed by atoms with Gasteiger partial charge < -0.3 is 15.4 Å². The Labute approximate surface area is 166 Å². The second-order valence-electron chi connectivity index (χ2n) is 6.95. The van der Waals surface area contributed by atoms with Gasteiger partial charge in [-0.25, -0.2) is 0 Å². The van der Waals surface area contributed by atoms with E-state index in [2.05, 4.69) is 26.9 Å². The van der Waals surface area contributed by atoms with Crippen molar-refractivity contribution in [1.29, 1.82) is 0 Å². The molecule has 1 aliphatic rings. The van der Waals surface area contributed by atoms with Gasteiger partial charge in [0.05, 0.1) is 7.11 Å². The summed E-state index contributed by atoms with van der Waals surface area (Å²) in [6.45, 7) is 1.37. The highest BCUT2D eigenvalue weighted by molar-refractivity contribution is 5.92. The Morgan fingerprint density at radius 3 is 2.79 bits per heavy atom. The molecule has 28 heavy (non-hydrogen) atoms. The van der Waals surface area contributed by atoms with Gasteiger partial charge >= 0.3 is 0 Å². The first-order valence-corrected chi connectivity index (χ1v) is 9.91. The van der Waals surface area contributed by atoms with Gasteiger partial charge in [0.25, 0.3) is 5.91 Å². The van der Waals surface area contributed by atoms with Crippen LogP contribution in [-0.2, 0) is 6.42 Å². The Morgan fingerprint density at radius 2 is 2.04 bits per heavy atom. The van der Waals surface area contributed by atoms with Gasteiger partial charge in [0, 0.05) is 13.1 Å². The molecule has 0 atom stereocenters. The molecule has 0 unspecified atom stereocenters. The van der Waals surface area contributed by atoms with Gasteiger partial charge in [-0.3, -0.25) is 4.79 Å². The summed E-state index contributed by atoms with van der Waals surface area (Å²) in [6.07, 6.45) is 9.15. The molecule has 1 amide bonds. The van der Waals surface area contributed by atoms with Gasteiger partial charge in [-0.15, -0.1) is 10.2 Å².